The molecule has 0 saturated heterocycles. The lowest BCUT2D eigenvalue weighted by molar-refractivity contribution is -0.385. The normalized spacial score (nSPS) is 11.9. The molecule has 0 aliphatic carbocycles. The van der Waals surface area contributed by atoms with Crippen LogP contribution in [0.5, 0.6) is 0 Å². The maximum absolute atomic E-state index is 12.5. The molecule has 0 radical (unpaired) electrons. The number of rotatable bonds is 2. The van der Waals surface area contributed by atoms with Gasteiger partial charge in [-0.1, -0.05) is 0 Å². The highest BCUT2D eigenvalue weighted by Gasteiger charge is 2.21. The van der Waals surface area contributed by atoms with Crippen LogP contribution in [0.1, 0.15) is 0 Å². The van der Waals surface area contributed by atoms with Gasteiger partial charge in [-0.3, -0.25) is 25.0 Å². The number of non-ortho nitro benzene ring substituents is 2. The maximum atomic E-state index is 12.5. The van der Waals surface area contributed by atoms with E-state index >= 15 is 0 Å². The molecule has 0 aliphatic rings. The molecule has 0 atom stereocenters. The average molecular weight is 320 g/mol. The Morgan fingerprint density at radius 2 is 1.62 bits per heavy atom. The van der Waals surface area contributed by atoms with Gasteiger partial charge in [-0.25, -0.2) is 10.1 Å². The second-order valence-electron chi connectivity index (χ2n) is 4.88. The van der Waals surface area contributed by atoms with Gasteiger partial charge in [0.05, 0.1) is 22.5 Å². The molecule has 3 rings (SSSR count). The summed E-state index contributed by atoms with van der Waals surface area (Å²) in [6.45, 7) is 7.01. The molecular formula is C15H4N4O5. The van der Waals surface area contributed by atoms with Crippen molar-refractivity contribution in [1.29, 1.82) is 5.26 Å². The van der Waals surface area contributed by atoms with E-state index in [0.717, 1.165) is 24.3 Å². The smallest absolute Gasteiger partial charge is 0.273 e. The molecule has 0 aromatic heterocycles. The van der Waals surface area contributed by atoms with Crippen LogP contribution >= 0.6 is 0 Å². The predicted molar refractivity (Wildman–Crippen MR) is 83.1 cm³/mol. The summed E-state index contributed by atoms with van der Waals surface area (Å²) in [4.78, 5) is 36.2. The Morgan fingerprint density at radius 3 is 2.08 bits per heavy atom. The summed E-state index contributed by atoms with van der Waals surface area (Å²) in [6, 6.07) is 5.97. The van der Waals surface area contributed by atoms with E-state index in [-0.39, 0.29) is 26.8 Å². The van der Waals surface area contributed by atoms with E-state index in [4.69, 9.17) is 11.8 Å². The molecule has 3 aromatic rings. The van der Waals surface area contributed by atoms with E-state index in [9.17, 15) is 25.0 Å². The lowest BCUT2D eigenvalue weighted by Gasteiger charge is -2.00. The van der Waals surface area contributed by atoms with Crippen molar-refractivity contribution < 1.29 is 9.85 Å². The average Bonchev–Trinajstić information content (AvgIpc) is 2.83. The third-order valence-corrected chi connectivity index (χ3v) is 3.64. The summed E-state index contributed by atoms with van der Waals surface area (Å²) in [7, 11) is 0. The van der Waals surface area contributed by atoms with Crippen LogP contribution in [0.25, 0.3) is 32.1 Å². The Kier molecular flexibility index (Phi) is 3.07. The third kappa shape index (κ3) is 1.90. The van der Waals surface area contributed by atoms with Crippen LogP contribution in [0.4, 0.5) is 11.4 Å². The van der Waals surface area contributed by atoms with Gasteiger partial charge in [0.1, 0.15) is 0 Å². The summed E-state index contributed by atoms with van der Waals surface area (Å²) >= 11 is 0. The van der Waals surface area contributed by atoms with Gasteiger partial charge in [-0.2, -0.15) is 0 Å². The number of nitrogens with zero attached hydrogens (tertiary/aromatic N) is 4. The number of nitro groups is 2. The lowest BCUT2D eigenvalue weighted by Crippen LogP contribution is -2.21. The molecule has 0 bridgehead atoms. The molecular weight excluding hydrogens is 316 g/mol. The zero-order valence-electron chi connectivity index (χ0n) is 11.6. The minimum atomic E-state index is -0.730. The predicted octanol–water partition coefficient (Wildman–Crippen LogP) is 1.88. The molecule has 0 saturated carbocycles. The van der Waals surface area contributed by atoms with E-state index in [1.54, 1.807) is 6.07 Å². The minimum absolute atomic E-state index is 0.0458. The first kappa shape index (κ1) is 14.8. The Labute approximate surface area is 132 Å². The van der Waals surface area contributed by atoms with E-state index < -0.39 is 32.3 Å². The summed E-state index contributed by atoms with van der Waals surface area (Å²) in [5.41, 5.74) is -2.04. The molecule has 9 heteroatoms. The molecule has 0 spiro atoms. The maximum Gasteiger partial charge on any atom is 0.273 e. The van der Waals surface area contributed by atoms with Crippen LogP contribution in [-0.2, 0) is 0 Å². The highest BCUT2D eigenvalue weighted by atomic mass is 16.6. The summed E-state index contributed by atoms with van der Waals surface area (Å²) in [5, 5.41) is 31.3. The molecule has 114 valence electrons. The number of nitriles is 1. The number of hydrogen-bond acceptors (Lipinski definition) is 6. The van der Waals surface area contributed by atoms with Gasteiger partial charge in [0.2, 0.25) is 0 Å². The summed E-state index contributed by atoms with van der Waals surface area (Å²) in [6.07, 6.45) is 0. The van der Waals surface area contributed by atoms with Gasteiger partial charge < -0.3 is 0 Å². The van der Waals surface area contributed by atoms with E-state index in [1.165, 1.54) is 0 Å². The molecule has 0 aliphatic heterocycles. The summed E-state index contributed by atoms with van der Waals surface area (Å²) in [5.74, 6) is 0. The molecule has 0 fully saturated rings. The van der Waals surface area contributed by atoms with Crippen LogP contribution in [-0.4, -0.2) is 9.85 Å². The molecule has 9 nitrogen and oxygen atoms in total. The molecule has 0 heterocycles. The highest BCUT2D eigenvalue weighted by molar-refractivity contribution is 6.14. The van der Waals surface area contributed by atoms with Gasteiger partial charge in [0.25, 0.3) is 17.1 Å². The Morgan fingerprint density at radius 1 is 1.08 bits per heavy atom. The molecule has 3 aromatic carbocycles. The van der Waals surface area contributed by atoms with Gasteiger partial charge in [0, 0.05) is 40.3 Å². The van der Waals surface area contributed by atoms with Crippen molar-refractivity contribution in [2.45, 2.75) is 0 Å². The van der Waals surface area contributed by atoms with Gasteiger partial charge in [-0.15, -0.1) is 0 Å². The second kappa shape index (κ2) is 4.97. The second-order valence-corrected chi connectivity index (χ2v) is 4.88. The topological polar surface area (TPSA) is 132 Å². The zero-order chi connectivity index (χ0) is 17.6. The lowest BCUT2D eigenvalue weighted by atomic mass is 10.0. The van der Waals surface area contributed by atoms with E-state index in [2.05, 4.69) is 4.85 Å². The van der Waals surface area contributed by atoms with Crippen LogP contribution in [0.2, 0.25) is 0 Å². The van der Waals surface area contributed by atoms with Crippen LogP contribution in [0.3, 0.4) is 0 Å². The first-order valence-electron chi connectivity index (χ1n) is 6.36. The summed E-state index contributed by atoms with van der Waals surface area (Å²) < 4.78 is 0. The van der Waals surface area contributed by atoms with Gasteiger partial charge in [-0.05, 0) is 10.8 Å². The zero-order valence-corrected chi connectivity index (χ0v) is 11.6. The van der Waals surface area contributed by atoms with Crippen molar-refractivity contribution in [3.63, 3.8) is 0 Å². The molecule has 0 amide bonds. The Bertz CT molecular complexity index is 1230. The van der Waals surface area contributed by atoms with Crippen molar-refractivity contribution in [3.8, 4) is 6.07 Å². The SMILES string of the molecule is [C-]#[N+]C(C#N)=c1c(=O)c2cc([N+](=O)[O-])cc3cc([N+](=O)[O-])cc1c32. The standard InChI is InChI=1S/C15H4N4O5/c1-17-12(6-16)14-10-4-8(18(21)22)2-7-3-9(19(23)24)5-11(13(7)10)15(14)20/h2-5H. The van der Waals surface area contributed by atoms with Crippen LogP contribution < -0.4 is 10.6 Å². The van der Waals surface area contributed by atoms with Crippen molar-refractivity contribution >= 4 is 38.6 Å². The van der Waals surface area contributed by atoms with E-state index in [0.29, 0.717) is 0 Å². The quantitative estimate of drug-likeness (QED) is 0.402. The van der Waals surface area contributed by atoms with Gasteiger partial charge in [0.15, 0.2) is 5.43 Å². The fourth-order valence-corrected chi connectivity index (χ4v) is 2.70. The van der Waals surface area contributed by atoms with Crippen molar-refractivity contribution in [2.75, 3.05) is 0 Å². The fourth-order valence-electron chi connectivity index (χ4n) is 2.70. The molecule has 0 unspecified atom stereocenters. The number of hydrogen-bond donors (Lipinski definition) is 0. The molecule has 0 N–H and O–H groups in total. The Hall–Kier alpha value is -4.11. The van der Waals surface area contributed by atoms with Gasteiger partial charge >= 0.3 is 0 Å². The van der Waals surface area contributed by atoms with Crippen LogP contribution in [0.15, 0.2) is 29.1 Å². The van der Waals surface area contributed by atoms with Crippen molar-refractivity contribution in [2.24, 2.45) is 0 Å². The van der Waals surface area contributed by atoms with Crippen molar-refractivity contribution in [1.82, 2.24) is 0 Å². The number of nitro benzene ring substituents is 2. The largest absolute Gasteiger partial charge is 0.290 e. The van der Waals surface area contributed by atoms with Crippen LogP contribution in [0, 0.1) is 38.1 Å². The van der Waals surface area contributed by atoms with E-state index in [1.807, 2.05) is 0 Å². The Balaban J connectivity index is 2.75. The monoisotopic (exact) mass is 320 g/mol. The minimum Gasteiger partial charge on any atom is -0.290 e. The fraction of sp³-hybridized carbons (Fsp3) is 0. The highest BCUT2D eigenvalue weighted by Crippen LogP contribution is 2.32. The third-order valence-electron chi connectivity index (χ3n) is 3.64. The first-order chi connectivity index (χ1) is 11.4. The first-order valence-corrected chi connectivity index (χ1v) is 6.36. The number of benzene rings is 2. The van der Waals surface area contributed by atoms with Crippen molar-refractivity contribution in [3.05, 3.63) is 71.4 Å². The molecule has 24 heavy (non-hydrogen) atoms.